The SMILES string of the molecule is CC(C)C(=O)Nc1ccc(C(=O)NCCNc2ccc(C(F)(F)F)cn2)cc1. The maximum atomic E-state index is 12.5. The van der Waals surface area contributed by atoms with Crippen LogP contribution in [0.5, 0.6) is 0 Å². The largest absolute Gasteiger partial charge is 0.417 e. The number of pyridine rings is 1. The molecular formula is C19H21F3N4O2. The lowest BCUT2D eigenvalue weighted by Gasteiger charge is -2.10. The number of amides is 2. The van der Waals surface area contributed by atoms with Gasteiger partial charge in [-0.15, -0.1) is 0 Å². The third-order valence-corrected chi connectivity index (χ3v) is 3.75. The smallest absolute Gasteiger partial charge is 0.368 e. The van der Waals surface area contributed by atoms with Crippen LogP contribution in [0.25, 0.3) is 0 Å². The summed E-state index contributed by atoms with van der Waals surface area (Å²) >= 11 is 0. The zero-order chi connectivity index (χ0) is 20.7. The number of hydrogen-bond acceptors (Lipinski definition) is 4. The summed E-state index contributed by atoms with van der Waals surface area (Å²) in [5.41, 5.74) is 0.208. The highest BCUT2D eigenvalue weighted by atomic mass is 19.4. The maximum absolute atomic E-state index is 12.5. The molecule has 0 aliphatic carbocycles. The Balaban J connectivity index is 1.77. The van der Waals surface area contributed by atoms with Gasteiger partial charge in [0.05, 0.1) is 5.56 Å². The van der Waals surface area contributed by atoms with E-state index in [1.807, 2.05) is 0 Å². The molecule has 0 bridgehead atoms. The monoisotopic (exact) mass is 394 g/mol. The molecule has 28 heavy (non-hydrogen) atoms. The standard InChI is InChI=1S/C19H21F3N4O2/c1-12(2)17(27)26-15-6-3-13(4-7-15)18(28)24-10-9-23-16-8-5-14(11-25-16)19(20,21)22/h3-8,11-12H,9-10H2,1-2H3,(H,23,25)(H,24,28)(H,26,27). The number of nitrogens with one attached hydrogen (secondary N) is 3. The maximum Gasteiger partial charge on any atom is 0.417 e. The van der Waals surface area contributed by atoms with E-state index in [4.69, 9.17) is 0 Å². The van der Waals surface area contributed by atoms with Crippen molar-refractivity contribution in [2.24, 2.45) is 5.92 Å². The van der Waals surface area contributed by atoms with E-state index in [-0.39, 0.29) is 30.1 Å². The highest BCUT2D eigenvalue weighted by Gasteiger charge is 2.30. The van der Waals surface area contributed by atoms with Crippen LogP contribution in [0.15, 0.2) is 42.6 Å². The number of anilines is 2. The molecule has 2 aromatic rings. The number of hydrogen-bond donors (Lipinski definition) is 3. The number of carbonyl (C=O) groups excluding carboxylic acids is 2. The second-order valence-electron chi connectivity index (χ2n) is 6.33. The van der Waals surface area contributed by atoms with Crippen molar-refractivity contribution in [1.29, 1.82) is 0 Å². The molecule has 2 rings (SSSR count). The Morgan fingerprint density at radius 2 is 1.71 bits per heavy atom. The first-order valence-electron chi connectivity index (χ1n) is 8.63. The number of carbonyl (C=O) groups is 2. The molecule has 150 valence electrons. The average Bonchev–Trinajstić information content (AvgIpc) is 2.65. The molecule has 1 aromatic carbocycles. The van der Waals surface area contributed by atoms with Gasteiger partial charge in [-0.1, -0.05) is 13.8 Å². The summed E-state index contributed by atoms with van der Waals surface area (Å²) in [6, 6.07) is 8.63. The Bertz CT molecular complexity index is 803. The number of aromatic nitrogens is 1. The van der Waals surface area contributed by atoms with Gasteiger partial charge in [0.1, 0.15) is 5.82 Å². The van der Waals surface area contributed by atoms with Crippen LogP contribution in [0, 0.1) is 5.92 Å². The Morgan fingerprint density at radius 3 is 2.25 bits per heavy atom. The van der Waals surface area contributed by atoms with Crippen LogP contribution in [0.2, 0.25) is 0 Å². The zero-order valence-electron chi connectivity index (χ0n) is 15.4. The number of benzene rings is 1. The first-order chi connectivity index (χ1) is 13.2. The Morgan fingerprint density at radius 1 is 1.04 bits per heavy atom. The molecule has 0 atom stereocenters. The van der Waals surface area contributed by atoms with Gasteiger partial charge in [0, 0.05) is 36.5 Å². The van der Waals surface area contributed by atoms with Gasteiger partial charge in [0.25, 0.3) is 5.91 Å². The van der Waals surface area contributed by atoms with Crippen molar-refractivity contribution in [1.82, 2.24) is 10.3 Å². The van der Waals surface area contributed by atoms with Gasteiger partial charge in [-0.3, -0.25) is 9.59 Å². The van der Waals surface area contributed by atoms with Gasteiger partial charge in [-0.2, -0.15) is 13.2 Å². The lowest BCUT2D eigenvalue weighted by molar-refractivity contribution is -0.137. The number of alkyl halides is 3. The highest BCUT2D eigenvalue weighted by Crippen LogP contribution is 2.28. The van der Waals surface area contributed by atoms with Crippen molar-refractivity contribution in [3.63, 3.8) is 0 Å². The van der Waals surface area contributed by atoms with Gasteiger partial charge < -0.3 is 16.0 Å². The van der Waals surface area contributed by atoms with E-state index in [2.05, 4.69) is 20.9 Å². The average molecular weight is 394 g/mol. The molecule has 1 heterocycles. The molecular weight excluding hydrogens is 373 g/mol. The van der Waals surface area contributed by atoms with E-state index in [0.29, 0.717) is 17.8 Å². The van der Waals surface area contributed by atoms with Crippen LogP contribution in [-0.4, -0.2) is 29.9 Å². The van der Waals surface area contributed by atoms with Crippen LogP contribution in [-0.2, 0) is 11.0 Å². The van der Waals surface area contributed by atoms with Gasteiger partial charge in [-0.05, 0) is 36.4 Å². The van der Waals surface area contributed by atoms with Crippen molar-refractivity contribution < 1.29 is 22.8 Å². The Hall–Kier alpha value is -3.10. The molecule has 0 aliphatic heterocycles. The fraction of sp³-hybridized carbons (Fsp3) is 0.316. The third-order valence-electron chi connectivity index (χ3n) is 3.75. The lowest BCUT2D eigenvalue weighted by Crippen LogP contribution is -2.28. The van der Waals surface area contributed by atoms with Gasteiger partial charge >= 0.3 is 6.18 Å². The van der Waals surface area contributed by atoms with E-state index < -0.39 is 11.7 Å². The summed E-state index contributed by atoms with van der Waals surface area (Å²) in [5.74, 6) is -0.272. The van der Waals surface area contributed by atoms with Crippen molar-refractivity contribution >= 4 is 23.3 Å². The molecule has 6 nitrogen and oxygen atoms in total. The topological polar surface area (TPSA) is 83.1 Å². The van der Waals surface area contributed by atoms with Crippen LogP contribution in [0.1, 0.15) is 29.8 Å². The van der Waals surface area contributed by atoms with Crippen molar-refractivity contribution in [2.75, 3.05) is 23.7 Å². The number of halogens is 3. The van der Waals surface area contributed by atoms with Crippen molar-refractivity contribution in [2.45, 2.75) is 20.0 Å². The number of rotatable bonds is 7. The quantitative estimate of drug-likeness (QED) is 0.628. The van der Waals surface area contributed by atoms with E-state index in [9.17, 15) is 22.8 Å². The van der Waals surface area contributed by atoms with E-state index >= 15 is 0 Å². The summed E-state index contributed by atoms with van der Waals surface area (Å²) < 4.78 is 37.4. The van der Waals surface area contributed by atoms with E-state index in [1.165, 1.54) is 6.07 Å². The van der Waals surface area contributed by atoms with Gasteiger partial charge in [0.2, 0.25) is 5.91 Å². The normalized spacial score (nSPS) is 11.2. The second kappa shape index (κ2) is 9.20. The van der Waals surface area contributed by atoms with Crippen LogP contribution in [0.3, 0.4) is 0 Å². The minimum absolute atomic E-state index is 0.111. The fourth-order valence-electron chi connectivity index (χ4n) is 2.13. The van der Waals surface area contributed by atoms with Crippen LogP contribution >= 0.6 is 0 Å². The summed E-state index contributed by atoms with van der Waals surface area (Å²) in [5, 5.41) is 8.25. The lowest BCUT2D eigenvalue weighted by atomic mass is 10.1. The van der Waals surface area contributed by atoms with Crippen LogP contribution in [0.4, 0.5) is 24.7 Å². The first kappa shape index (κ1) is 21.2. The summed E-state index contributed by atoms with van der Waals surface area (Å²) in [6.07, 6.45) is -3.67. The Kier molecular flexibility index (Phi) is 6.97. The molecule has 1 aromatic heterocycles. The molecule has 0 aliphatic rings. The molecule has 0 saturated carbocycles. The summed E-state index contributed by atoms with van der Waals surface area (Å²) in [6.45, 7) is 4.12. The minimum Gasteiger partial charge on any atom is -0.368 e. The van der Waals surface area contributed by atoms with Gasteiger partial charge in [0.15, 0.2) is 0 Å². The summed E-state index contributed by atoms with van der Waals surface area (Å²) in [4.78, 5) is 27.4. The van der Waals surface area contributed by atoms with Crippen molar-refractivity contribution in [3.8, 4) is 0 Å². The van der Waals surface area contributed by atoms with Gasteiger partial charge in [-0.25, -0.2) is 4.98 Å². The molecule has 0 radical (unpaired) electrons. The molecule has 0 fully saturated rings. The fourth-order valence-corrected chi connectivity index (χ4v) is 2.13. The third kappa shape index (κ3) is 6.26. The molecule has 2 amide bonds. The van der Waals surface area contributed by atoms with E-state index in [0.717, 1.165) is 12.3 Å². The molecule has 9 heteroatoms. The highest BCUT2D eigenvalue weighted by molar-refractivity contribution is 5.96. The predicted octanol–water partition coefficient (Wildman–Crippen LogP) is 3.54. The molecule has 0 spiro atoms. The van der Waals surface area contributed by atoms with Crippen LogP contribution < -0.4 is 16.0 Å². The Labute approximate surface area is 160 Å². The molecule has 0 unspecified atom stereocenters. The molecule has 3 N–H and O–H groups in total. The van der Waals surface area contributed by atoms with E-state index in [1.54, 1.807) is 38.1 Å². The first-order valence-corrected chi connectivity index (χ1v) is 8.63. The minimum atomic E-state index is -4.42. The zero-order valence-corrected chi connectivity index (χ0v) is 15.4. The van der Waals surface area contributed by atoms with Crippen molar-refractivity contribution in [3.05, 3.63) is 53.7 Å². The number of nitrogens with zero attached hydrogens (tertiary/aromatic N) is 1. The molecule has 0 saturated heterocycles. The second-order valence-corrected chi connectivity index (χ2v) is 6.33. The summed E-state index contributed by atoms with van der Waals surface area (Å²) in [7, 11) is 0. The predicted molar refractivity (Wildman–Crippen MR) is 100.0 cm³/mol.